The number of ketones is 1. The summed E-state index contributed by atoms with van der Waals surface area (Å²) in [6, 6.07) is 0.597. The van der Waals surface area contributed by atoms with Crippen molar-refractivity contribution < 1.29 is 27.8 Å². The number of hydrogen-bond acceptors (Lipinski definition) is 4. The van der Waals surface area contributed by atoms with Gasteiger partial charge in [0.1, 0.15) is 17.7 Å². The summed E-state index contributed by atoms with van der Waals surface area (Å²) >= 11 is 11.0. The molecule has 0 N–H and O–H groups in total. The van der Waals surface area contributed by atoms with Gasteiger partial charge in [-0.25, -0.2) is 13.6 Å². The molecule has 0 aromatic heterocycles. The molecule has 0 atom stereocenters. The molecule has 4 nitrogen and oxygen atoms in total. The molecule has 1 rings (SSSR count). The number of rotatable bonds is 6. The van der Waals surface area contributed by atoms with Crippen molar-refractivity contribution in [3.05, 3.63) is 45.1 Å². The summed E-state index contributed by atoms with van der Waals surface area (Å²) in [5, 5.41) is -1.40. The number of ether oxygens (including phenoxy) is 2. The Bertz CT molecular complexity index is 630. The number of halogens is 4. The first-order valence-corrected chi connectivity index (χ1v) is 6.97. The molecule has 1 aromatic rings. The lowest BCUT2D eigenvalue weighted by molar-refractivity contribution is -0.138. The van der Waals surface area contributed by atoms with Crippen LogP contribution in [0.1, 0.15) is 24.2 Å². The molecule has 8 heteroatoms. The lowest BCUT2D eigenvalue weighted by atomic mass is 10.0. The number of carbonyl (C=O) groups excluding carboxylic acids is 2. The number of benzene rings is 1. The summed E-state index contributed by atoms with van der Waals surface area (Å²) in [5.74, 6) is -4.52. The molecule has 0 heterocycles. The fourth-order valence-electron chi connectivity index (χ4n) is 1.48. The van der Waals surface area contributed by atoms with Crippen LogP contribution >= 0.6 is 23.2 Å². The predicted molar refractivity (Wildman–Crippen MR) is 77.1 cm³/mol. The van der Waals surface area contributed by atoms with Crippen molar-refractivity contribution >= 4 is 35.0 Å². The summed E-state index contributed by atoms with van der Waals surface area (Å²) in [4.78, 5) is 24.1. The molecule has 0 radical (unpaired) electrons. The van der Waals surface area contributed by atoms with Crippen LogP contribution in [-0.2, 0) is 14.3 Å². The van der Waals surface area contributed by atoms with Gasteiger partial charge in [-0.05, 0) is 19.9 Å². The smallest absolute Gasteiger partial charge is 0.345 e. The maximum Gasteiger partial charge on any atom is 0.345 e. The van der Waals surface area contributed by atoms with Gasteiger partial charge in [-0.3, -0.25) is 4.79 Å². The van der Waals surface area contributed by atoms with E-state index in [-0.39, 0.29) is 13.2 Å². The van der Waals surface area contributed by atoms with Gasteiger partial charge in [-0.1, -0.05) is 23.2 Å². The Morgan fingerprint density at radius 1 is 1.23 bits per heavy atom. The second kappa shape index (κ2) is 8.10. The van der Waals surface area contributed by atoms with E-state index in [0.29, 0.717) is 6.07 Å². The standard InChI is InChI=1S/C14H12Cl2F2O4/c1-3-21-6-7(14(20)22-4-2)13(19)10-9(17)5-8(15)12(18)11(10)16/h5-6H,3-4H2,1-2H3. The zero-order chi connectivity index (χ0) is 16.9. The third-order valence-electron chi connectivity index (χ3n) is 2.45. The summed E-state index contributed by atoms with van der Waals surface area (Å²) < 4.78 is 37.1. The Balaban J connectivity index is 3.37. The molecule has 0 unspecified atom stereocenters. The van der Waals surface area contributed by atoms with E-state index in [9.17, 15) is 18.4 Å². The molecule has 0 saturated heterocycles. The second-order valence-electron chi connectivity index (χ2n) is 3.88. The van der Waals surface area contributed by atoms with Crippen LogP contribution in [0.15, 0.2) is 17.9 Å². The van der Waals surface area contributed by atoms with Gasteiger partial charge in [0.25, 0.3) is 0 Å². The van der Waals surface area contributed by atoms with E-state index in [1.54, 1.807) is 6.92 Å². The lowest BCUT2D eigenvalue weighted by Gasteiger charge is -2.10. The molecule has 0 fully saturated rings. The molecule has 0 saturated carbocycles. The second-order valence-corrected chi connectivity index (χ2v) is 4.66. The van der Waals surface area contributed by atoms with Crippen molar-refractivity contribution in [1.82, 2.24) is 0 Å². The molecule has 0 aliphatic rings. The Kier molecular flexibility index (Phi) is 6.77. The van der Waals surface area contributed by atoms with E-state index >= 15 is 0 Å². The van der Waals surface area contributed by atoms with Gasteiger partial charge >= 0.3 is 5.97 Å². The highest BCUT2D eigenvalue weighted by atomic mass is 35.5. The average Bonchev–Trinajstić information content (AvgIpc) is 2.45. The van der Waals surface area contributed by atoms with E-state index in [2.05, 4.69) is 4.74 Å². The first-order valence-electron chi connectivity index (χ1n) is 6.21. The van der Waals surface area contributed by atoms with E-state index in [1.807, 2.05) is 0 Å². The highest BCUT2D eigenvalue weighted by Gasteiger charge is 2.29. The number of esters is 1. The van der Waals surface area contributed by atoms with Gasteiger partial charge in [0.2, 0.25) is 5.78 Å². The molecule has 0 aliphatic heterocycles. The van der Waals surface area contributed by atoms with Crippen molar-refractivity contribution in [2.45, 2.75) is 13.8 Å². The minimum atomic E-state index is -1.16. The average molecular weight is 353 g/mol. The molecule has 0 aliphatic carbocycles. The van der Waals surface area contributed by atoms with E-state index in [1.165, 1.54) is 6.92 Å². The number of Topliss-reactive ketones (excluding diaryl/α,β-unsaturated/α-hetero) is 1. The maximum absolute atomic E-state index is 13.9. The van der Waals surface area contributed by atoms with Crippen LogP contribution < -0.4 is 0 Å². The zero-order valence-corrected chi connectivity index (χ0v) is 13.2. The van der Waals surface area contributed by atoms with Crippen molar-refractivity contribution in [2.75, 3.05) is 13.2 Å². The summed E-state index contributed by atoms with van der Waals surface area (Å²) in [6.45, 7) is 3.28. The van der Waals surface area contributed by atoms with Gasteiger partial charge in [0.15, 0.2) is 5.82 Å². The molecule has 0 spiro atoms. The Labute approximate surface area is 135 Å². The van der Waals surface area contributed by atoms with Crippen molar-refractivity contribution in [3.63, 3.8) is 0 Å². The van der Waals surface area contributed by atoms with Crippen LogP contribution in [-0.4, -0.2) is 25.0 Å². The van der Waals surface area contributed by atoms with Gasteiger partial charge < -0.3 is 9.47 Å². The van der Waals surface area contributed by atoms with Gasteiger partial charge in [-0.15, -0.1) is 0 Å². The topological polar surface area (TPSA) is 52.6 Å². The molecule has 120 valence electrons. The molecule has 22 heavy (non-hydrogen) atoms. The zero-order valence-electron chi connectivity index (χ0n) is 11.7. The molecular formula is C14H12Cl2F2O4. The molecule has 0 bridgehead atoms. The van der Waals surface area contributed by atoms with Crippen LogP contribution in [0.4, 0.5) is 8.78 Å². The highest BCUT2D eigenvalue weighted by molar-refractivity contribution is 6.39. The number of hydrogen-bond donors (Lipinski definition) is 0. The highest BCUT2D eigenvalue weighted by Crippen LogP contribution is 2.30. The van der Waals surface area contributed by atoms with Crippen LogP contribution in [0, 0.1) is 11.6 Å². The summed E-state index contributed by atoms with van der Waals surface area (Å²) in [7, 11) is 0. The first-order chi connectivity index (χ1) is 10.3. The van der Waals surface area contributed by atoms with Crippen molar-refractivity contribution in [2.24, 2.45) is 0 Å². The molecule has 1 aromatic carbocycles. The SMILES string of the molecule is CCOC=C(C(=O)OCC)C(=O)c1c(F)cc(Cl)c(F)c1Cl. The van der Waals surface area contributed by atoms with Gasteiger partial charge in [-0.2, -0.15) is 0 Å². The summed E-state index contributed by atoms with van der Waals surface area (Å²) in [5.41, 5.74) is -1.42. The fraction of sp³-hybridized carbons (Fsp3) is 0.286. The van der Waals surface area contributed by atoms with Crippen LogP contribution in [0.2, 0.25) is 10.0 Å². The number of carbonyl (C=O) groups is 2. The Morgan fingerprint density at radius 3 is 2.41 bits per heavy atom. The Morgan fingerprint density at radius 2 is 1.86 bits per heavy atom. The van der Waals surface area contributed by atoms with E-state index < -0.39 is 44.6 Å². The fourth-order valence-corrected chi connectivity index (χ4v) is 2.00. The predicted octanol–water partition coefficient (Wildman–Crippen LogP) is 3.94. The van der Waals surface area contributed by atoms with Crippen LogP contribution in [0.5, 0.6) is 0 Å². The third-order valence-corrected chi connectivity index (χ3v) is 3.08. The van der Waals surface area contributed by atoms with Crippen LogP contribution in [0.25, 0.3) is 0 Å². The van der Waals surface area contributed by atoms with E-state index in [0.717, 1.165) is 6.26 Å². The molecular weight excluding hydrogens is 341 g/mol. The maximum atomic E-state index is 13.9. The minimum absolute atomic E-state index is 0.0131. The monoisotopic (exact) mass is 352 g/mol. The Hall–Kier alpha value is -1.66. The summed E-state index contributed by atoms with van der Waals surface area (Å²) in [6.07, 6.45) is 0.822. The quantitative estimate of drug-likeness (QED) is 0.114. The van der Waals surface area contributed by atoms with Gasteiger partial charge in [0, 0.05) is 0 Å². The normalized spacial score (nSPS) is 11.3. The lowest BCUT2D eigenvalue weighted by Crippen LogP contribution is -2.18. The van der Waals surface area contributed by atoms with Gasteiger partial charge in [0.05, 0.1) is 28.8 Å². The largest absolute Gasteiger partial charge is 0.500 e. The molecule has 0 amide bonds. The third kappa shape index (κ3) is 3.96. The van der Waals surface area contributed by atoms with Crippen molar-refractivity contribution in [1.29, 1.82) is 0 Å². The van der Waals surface area contributed by atoms with E-state index in [4.69, 9.17) is 27.9 Å². The van der Waals surface area contributed by atoms with Crippen molar-refractivity contribution in [3.8, 4) is 0 Å². The minimum Gasteiger partial charge on any atom is -0.500 e. The first kappa shape index (κ1) is 18.4. The van der Waals surface area contributed by atoms with Crippen LogP contribution in [0.3, 0.4) is 0 Å².